The number of ether oxygens (including phenoxy) is 4. The van der Waals surface area contributed by atoms with Crippen LogP contribution in [0.25, 0.3) is 11.1 Å². The minimum atomic E-state index is -0.344. The molecule has 1 heterocycles. The molecule has 0 atom stereocenters. The van der Waals surface area contributed by atoms with E-state index in [1.165, 1.54) is 17.5 Å². The molecule has 5 nitrogen and oxygen atoms in total. The van der Waals surface area contributed by atoms with Gasteiger partial charge in [-0.25, -0.2) is 0 Å². The Labute approximate surface area is 159 Å². The van der Waals surface area contributed by atoms with Crippen molar-refractivity contribution in [3.8, 4) is 28.4 Å². The zero-order chi connectivity index (χ0) is 18.9. The smallest absolute Gasteiger partial charge is 0.203 e. The van der Waals surface area contributed by atoms with Gasteiger partial charge in [0.1, 0.15) is 6.61 Å². The molecule has 1 fully saturated rings. The van der Waals surface area contributed by atoms with Gasteiger partial charge >= 0.3 is 0 Å². The van der Waals surface area contributed by atoms with E-state index in [9.17, 15) is 5.11 Å². The summed E-state index contributed by atoms with van der Waals surface area (Å²) in [7, 11) is 3.23. The third kappa shape index (κ3) is 3.26. The van der Waals surface area contributed by atoms with E-state index in [1.54, 1.807) is 14.2 Å². The average molecular weight is 370 g/mol. The largest absolute Gasteiger partial charge is 0.493 e. The Balaban J connectivity index is 1.74. The molecule has 0 saturated carbocycles. The zero-order valence-electron chi connectivity index (χ0n) is 15.9. The molecule has 1 aliphatic heterocycles. The van der Waals surface area contributed by atoms with Crippen molar-refractivity contribution in [1.82, 2.24) is 0 Å². The fraction of sp³-hybridized carbons (Fsp3) is 0.455. The van der Waals surface area contributed by atoms with Gasteiger partial charge in [-0.1, -0.05) is 18.2 Å². The maximum atomic E-state index is 9.72. The Bertz CT molecular complexity index is 820. The van der Waals surface area contributed by atoms with E-state index in [1.807, 2.05) is 12.1 Å². The summed E-state index contributed by atoms with van der Waals surface area (Å²) in [5.74, 6) is 1.85. The summed E-state index contributed by atoms with van der Waals surface area (Å²) in [5, 5.41) is 9.72. The second-order valence-electron chi connectivity index (χ2n) is 7.45. The lowest BCUT2D eigenvalue weighted by atomic mass is 9.88. The monoisotopic (exact) mass is 370 g/mol. The van der Waals surface area contributed by atoms with Gasteiger partial charge in [-0.2, -0.15) is 0 Å². The summed E-state index contributed by atoms with van der Waals surface area (Å²) in [6, 6.07) is 10.5. The summed E-state index contributed by atoms with van der Waals surface area (Å²) in [6.45, 7) is 1.41. The number of methoxy groups -OCH3 is 2. The second-order valence-corrected chi connectivity index (χ2v) is 7.45. The standard InChI is InChI=1S/C22H26O5/c1-24-19-9-8-18(17-7-6-15-4-3-5-16(15)10-17)20(21(19)25-2)27-14-22(11-23)12-26-13-22/h6-10,23H,3-5,11-14H2,1-2H3. The van der Waals surface area contributed by atoms with Crippen LogP contribution in [0.1, 0.15) is 17.5 Å². The Morgan fingerprint density at radius 2 is 1.81 bits per heavy atom. The molecule has 2 aromatic rings. The van der Waals surface area contributed by atoms with E-state index in [4.69, 9.17) is 18.9 Å². The average Bonchev–Trinajstić information content (AvgIpc) is 3.14. The summed E-state index contributed by atoms with van der Waals surface area (Å²) >= 11 is 0. The van der Waals surface area contributed by atoms with Gasteiger partial charge in [0.2, 0.25) is 5.75 Å². The maximum Gasteiger partial charge on any atom is 0.203 e. The molecule has 2 aromatic carbocycles. The van der Waals surface area contributed by atoms with Crippen molar-refractivity contribution in [2.75, 3.05) is 40.6 Å². The lowest BCUT2D eigenvalue weighted by Gasteiger charge is -2.39. The SMILES string of the molecule is COc1ccc(-c2ccc3c(c2)CCC3)c(OCC2(CO)COC2)c1OC. The minimum absolute atomic E-state index is 0.0352. The molecule has 2 aliphatic rings. The predicted molar refractivity (Wildman–Crippen MR) is 103 cm³/mol. The quantitative estimate of drug-likeness (QED) is 0.811. The van der Waals surface area contributed by atoms with Gasteiger partial charge < -0.3 is 24.1 Å². The van der Waals surface area contributed by atoms with Gasteiger partial charge in [-0.15, -0.1) is 0 Å². The number of benzene rings is 2. The Morgan fingerprint density at radius 3 is 2.48 bits per heavy atom. The molecule has 1 saturated heterocycles. The highest BCUT2D eigenvalue weighted by Crippen LogP contribution is 2.46. The first-order chi connectivity index (χ1) is 13.2. The van der Waals surface area contributed by atoms with Crippen LogP contribution in [0.2, 0.25) is 0 Å². The molecule has 144 valence electrons. The lowest BCUT2D eigenvalue weighted by molar-refractivity contribution is -0.153. The second kappa shape index (κ2) is 7.41. The van der Waals surface area contributed by atoms with Crippen LogP contribution in [0, 0.1) is 5.41 Å². The van der Waals surface area contributed by atoms with Crippen LogP contribution in [0.5, 0.6) is 17.2 Å². The third-order valence-electron chi connectivity index (χ3n) is 5.58. The van der Waals surface area contributed by atoms with Crippen LogP contribution < -0.4 is 14.2 Å². The van der Waals surface area contributed by atoms with Gasteiger partial charge in [-0.3, -0.25) is 0 Å². The molecule has 1 aliphatic carbocycles. The fourth-order valence-electron chi connectivity index (χ4n) is 3.84. The van der Waals surface area contributed by atoms with E-state index in [0.29, 0.717) is 37.1 Å². The fourth-order valence-corrected chi connectivity index (χ4v) is 3.84. The molecule has 27 heavy (non-hydrogen) atoms. The van der Waals surface area contributed by atoms with E-state index in [0.717, 1.165) is 24.0 Å². The number of rotatable bonds is 7. The number of hydrogen-bond acceptors (Lipinski definition) is 5. The van der Waals surface area contributed by atoms with Gasteiger partial charge in [0.15, 0.2) is 11.5 Å². The first-order valence-corrected chi connectivity index (χ1v) is 9.38. The van der Waals surface area contributed by atoms with Crippen LogP contribution >= 0.6 is 0 Å². The topological polar surface area (TPSA) is 57.2 Å². The molecule has 4 rings (SSSR count). The zero-order valence-corrected chi connectivity index (χ0v) is 15.9. The molecule has 0 radical (unpaired) electrons. The van der Waals surface area contributed by atoms with Gasteiger partial charge in [0, 0.05) is 5.56 Å². The third-order valence-corrected chi connectivity index (χ3v) is 5.58. The Hall–Kier alpha value is -2.24. The first-order valence-electron chi connectivity index (χ1n) is 9.38. The Morgan fingerprint density at radius 1 is 1.00 bits per heavy atom. The molecule has 5 heteroatoms. The number of aliphatic hydroxyl groups is 1. The maximum absolute atomic E-state index is 9.72. The highest BCUT2D eigenvalue weighted by atomic mass is 16.5. The first kappa shape index (κ1) is 18.1. The predicted octanol–water partition coefficient (Wildman–Crippen LogP) is 3.25. The number of aryl methyl sites for hydroxylation is 2. The van der Waals surface area contributed by atoms with Crippen molar-refractivity contribution < 1.29 is 24.1 Å². The molecular formula is C22H26O5. The van der Waals surface area contributed by atoms with Crippen LogP contribution in [0.4, 0.5) is 0 Å². The molecule has 1 N–H and O–H groups in total. The highest BCUT2D eigenvalue weighted by molar-refractivity contribution is 5.77. The van der Waals surface area contributed by atoms with E-state index < -0.39 is 0 Å². The van der Waals surface area contributed by atoms with Crippen LogP contribution in [0.3, 0.4) is 0 Å². The molecule has 0 bridgehead atoms. The minimum Gasteiger partial charge on any atom is -0.493 e. The summed E-state index contributed by atoms with van der Waals surface area (Å²) in [6.07, 6.45) is 3.49. The number of hydrogen-bond donors (Lipinski definition) is 1. The van der Waals surface area contributed by atoms with E-state index >= 15 is 0 Å². The number of fused-ring (bicyclic) bond motifs is 1. The van der Waals surface area contributed by atoms with Crippen LogP contribution in [-0.4, -0.2) is 45.8 Å². The lowest BCUT2D eigenvalue weighted by Crippen LogP contribution is -2.50. The van der Waals surface area contributed by atoms with E-state index in [-0.39, 0.29) is 12.0 Å². The molecule has 0 unspecified atom stereocenters. The van der Waals surface area contributed by atoms with Crippen molar-refractivity contribution in [1.29, 1.82) is 0 Å². The summed E-state index contributed by atoms with van der Waals surface area (Å²) in [5.41, 5.74) is 4.58. The van der Waals surface area contributed by atoms with Crippen LogP contribution in [-0.2, 0) is 17.6 Å². The van der Waals surface area contributed by atoms with E-state index in [2.05, 4.69) is 18.2 Å². The molecule has 0 aromatic heterocycles. The van der Waals surface area contributed by atoms with Gasteiger partial charge in [-0.05, 0) is 48.1 Å². The number of aliphatic hydroxyl groups excluding tert-OH is 1. The normalized spacial score (nSPS) is 17.1. The summed E-state index contributed by atoms with van der Waals surface area (Å²) < 4.78 is 22.6. The Kier molecular flexibility index (Phi) is 4.98. The molecule has 0 amide bonds. The van der Waals surface area contributed by atoms with Crippen molar-refractivity contribution >= 4 is 0 Å². The van der Waals surface area contributed by atoms with Crippen molar-refractivity contribution in [2.45, 2.75) is 19.3 Å². The summed E-state index contributed by atoms with van der Waals surface area (Å²) in [4.78, 5) is 0. The van der Waals surface area contributed by atoms with Gasteiger partial charge in [0.25, 0.3) is 0 Å². The molecular weight excluding hydrogens is 344 g/mol. The van der Waals surface area contributed by atoms with Gasteiger partial charge in [0.05, 0.1) is 39.5 Å². The van der Waals surface area contributed by atoms with Crippen LogP contribution in [0.15, 0.2) is 30.3 Å². The highest BCUT2D eigenvalue weighted by Gasteiger charge is 2.39. The van der Waals surface area contributed by atoms with Crippen molar-refractivity contribution in [3.05, 3.63) is 41.5 Å². The molecule has 0 spiro atoms. The van der Waals surface area contributed by atoms with Crippen molar-refractivity contribution in [2.24, 2.45) is 5.41 Å². The van der Waals surface area contributed by atoms with Crippen molar-refractivity contribution in [3.63, 3.8) is 0 Å².